The SMILES string of the molecule is CCOc1ncc(-c2cc(N(C)CC3(COC)CCCC3)c(N)c(N)n2)cc1C(F)(F)F. The maximum absolute atomic E-state index is 13.6. The smallest absolute Gasteiger partial charge is 0.421 e. The lowest BCUT2D eigenvalue weighted by atomic mass is 9.86. The van der Waals surface area contributed by atoms with Crippen LogP contribution < -0.4 is 21.1 Å². The number of methoxy groups -OCH3 is 1. The third-order valence-electron chi connectivity index (χ3n) is 5.90. The van der Waals surface area contributed by atoms with Gasteiger partial charge in [0.05, 0.1) is 30.3 Å². The average molecular weight is 454 g/mol. The van der Waals surface area contributed by atoms with Crippen LogP contribution in [-0.2, 0) is 10.9 Å². The van der Waals surface area contributed by atoms with E-state index in [1.54, 1.807) is 20.1 Å². The Hall–Kier alpha value is -2.75. The van der Waals surface area contributed by atoms with E-state index in [1.165, 1.54) is 6.20 Å². The molecule has 0 amide bonds. The summed E-state index contributed by atoms with van der Waals surface area (Å²) >= 11 is 0. The molecule has 3 rings (SSSR count). The summed E-state index contributed by atoms with van der Waals surface area (Å²) in [5.74, 6) is -0.411. The first-order valence-corrected chi connectivity index (χ1v) is 10.6. The minimum absolute atomic E-state index is 0.00170. The predicted octanol–water partition coefficient (Wildman–Crippen LogP) is 4.37. The van der Waals surface area contributed by atoms with Gasteiger partial charge in [-0.15, -0.1) is 0 Å². The number of alkyl halides is 3. The highest BCUT2D eigenvalue weighted by molar-refractivity contribution is 5.82. The van der Waals surface area contributed by atoms with Crippen LogP contribution in [0.1, 0.15) is 38.2 Å². The van der Waals surface area contributed by atoms with E-state index in [4.69, 9.17) is 20.9 Å². The van der Waals surface area contributed by atoms with Gasteiger partial charge in [0, 0.05) is 37.9 Å². The third-order valence-corrected chi connectivity index (χ3v) is 5.90. The van der Waals surface area contributed by atoms with E-state index in [1.807, 2.05) is 11.9 Å². The number of pyridine rings is 2. The van der Waals surface area contributed by atoms with Crippen LogP contribution in [0.15, 0.2) is 18.3 Å². The maximum atomic E-state index is 13.6. The molecule has 0 saturated heterocycles. The van der Waals surface area contributed by atoms with Crippen LogP contribution in [0.25, 0.3) is 11.3 Å². The quantitative estimate of drug-likeness (QED) is 0.612. The molecular weight excluding hydrogens is 423 g/mol. The molecule has 0 aromatic carbocycles. The van der Waals surface area contributed by atoms with E-state index in [9.17, 15) is 13.2 Å². The Balaban J connectivity index is 2.00. The Bertz CT molecular complexity index is 946. The van der Waals surface area contributed by atoms with Crippen LogP contribution >= 0.6 is 0 Å². The van der Waals surface area contributed by atoms with Crippen molar-refractivity contribution in [3.8, 4) is 17.1 Å². The van der Waals surface area contributed by atoms with E-state index in [0.717, 1.165) is 31.7 Å². The molecule has 0 bridgehead atoms. The number of aromatic nitrogens is 2. The Morgan fingerprint density at radius 1 is 1.19 bits per heavy atom. The number of hydrogen-bond donors (Lipinski definition) is 2. The second kappa shape index (κ2) is 9.40. The van der Waals surface area contributed by atoms with Gasteiger partial charge in [0.25, 0.3) is 0 Å². The molecule has 0 atom stereocenters. The molecule has 2 aromatic rings. The molecule has 1 aliphatic carbocycles. The minimum atomic E-state index is -4.62. The standard InChI is InChI=1S/C22H30F3N5O2/c1-4-32-20-15(22(23,24)25)9-14(11-28-20)16-10-17(18(26)19(27)29-16)30(2)12-21(13-31-3)7-5-6-8-21/h9-11H,4-8,12-13,26H2,1-3H3,(H2,27,29). The van der Waals surface area contributed by atoms with Gasteiger partial charge < -0.3 is 25.8 Å². The number of nitrogens with zero attached hydrogens (tertiary/aromatic N) is 3. The first kappa shape index (κ1) is 23.9. The molecular formula is C22H30F3N5O2. The summed E-state index contributed by atoms with van der Waals surface area (Å²) < 4.78 is 51.2. The zero-order chi connectivity index (χ0) is 23.5. The second-order valence-electron chi connectivity index (χ2n) is 8.33. The van der Waals surface area contributed by atoms with Crippen molar-refractivity contribution in [3.63, 3.8) is 0 Å². The molecule has 2 heterocycles. The van der Waals surface area contributed by atoms with Gasteiger partial charge in [-0.3, -0.25) is 0 Å². The largest absolute Gasteiger partial charge is 0.478 e. The number of halogens is 3. The number of ether oxygens (including phenoxy) is 2. The summed E-state index contributed by atoms with van der Waals surface area (Å²) in [5, 5.41) is 0. The summed E-state index contributed by atoms with van der Waals surface area (Å²) in [6, 6.07) is 2.63. The highest BCUT2D eigenvalue weighted by Crippen LogP contribution is 2.42. The van der Waals surface area contributed by atoms with E-state index >= 15 is 0 Å². The zero-order valence-corrected chi connectivity index (χ0v) is 18.6. The maximum Gasteiger partial charge on any atom is 0.421 e. The fourth-order valence-corrected chi connectivity index (χ4v) is 4.44. The summed E-state index contributed by atoms with van der Waals surface area (Å²) in [6.45, 7) is 2.98. The molecule has 4 N–H and O–H groups in total. The van der Waals surface area contributed by atoms with Crippen molar-refractivity contribution >= 4 is 17.2 Å². The van der Waals surface area contributed by atoms with Crippen LogP contribution in [0, 0.1) is 5.41 Å². The molecule has 1 saturated carbocycles. The summed E-state index contributed by atoms with van der Waals surface area (Å²) in [4.78, 5) is 10.1. The Labute approximate surface area is 185 Å². The molecule has 7 nitrogen and oxygen atoms in total. The van der Waals surface area contributed by atoms with Gasteiger partial charge in [-0.1, -0.05) is 12.8 Å². The van der Waals surface area contributed by atoms with Crippen LogP contribution in [0.5, 0.6) is 5.88 Å². The van der Waals surface area contributed by atoms with Crippen molar-refractivity contribution in [1.29, 1.82) is 0 Å². The minimum Gasteiger partial charge on any atom is -0.478 e. The molecule has 1 fully saturated rings. The molecule has 0 aliphatic heterocycles. The van der Waals surface area contributed by atoms with Gasteiger partial charge >= 0.3 is 6.18 Å². The van der Waals surface area contributed by atoms with Crippen LogP contribution in [0.2, 0.25) is 0 Å². The third kappa shape index (κ3) is 5.01. The number of nitrogens with two attached hydrogens (primary N) is 2. The van der Waals surface area contributed by atoms with E-state index in [-0.39, 0.29) is 34.8 Å². The molecule has 32 heavy (non-hydrogen) atoms. The van der Waals surface area contributed by atoms with Gasteiger partial charge in [0.2, 0.25) is 5.88 Å². The number of hydrogen-bond acceptors (Lipinski definition) is 7. The van der Waals surface area contributed by atoms with Crippen molar-refractivity contribution in [2.75, 3.05) is 50.3 Å². The van der Waals surface area contributed by atoms with E-state index in [0.29, 0.717) is 18.8 Å². The fraction of sp³-hybridized carbons (Fsp3) is 0.545. The molecule has 2 aromatic heterocycles. The van der Waals surface area contributed by atoms with Crippen molar-refractivity contribution in [2.45, 2.75) is 38.8 Å². The highest BCUT2D eigenvalue weighted by Gasteiger charge is 2.37. The molecule has 1 aliphatic rings. The number of rotatable bonds is 8. The summed E-state index contributed by atoms with van der Waals surface area (Å²) in [7, 11) is 3.58. The second-order valence-corrected chi connectivity index (χ2v) is 8.33. The van der Waals surface area contributed by atoms with Crippen LogP contribution in [-0.4, -0.2) is 43.9 Å². The lowest BCUT2D eigenvalue weighted by Crippen LogP contribution is -2.37. The normalized spacial score (nSPS) is 15.7. The number of nitrogen functional groups attached to an aromatic ring is 2. The Kier molecular flexibility index (Phi) is 7.02. The predicted molar refractivity (Wildman–Crippen MR) is 119 cm³/mol. The molecule has 176 valence electrons. The Morgan fingerprint density at radius 3 is 2.47 bits per heavy atom. The lowest BCUT2D eigenvalue weighted by molar-refractivity contribution is -0.139. The number of anilines is 3. The summed E-state index contributed by atoms with van der Waals surface area (Å²) in [6.07, 6.45) is 1.02. The monoisotopic (exact) mass is 453 g/mol. The van der Waals surface area contributed by atoms with E-state index in [2.05, 4.69) is 9.97 Å². The van der Waals surface area contributed by atoms with Crippen molar-refractivity contribution in [2.24, 2.45) is 5.41 Å². The van der Waals surface area contributed by atoms with Crippen LogP contribution in [0.4, 0.5) is 30.4 Å². The van der Waals surface area contributed by atoms with Gasteiger partial charge in [-0.2, -0.15) is 13.2 Å². The van der Waals surface area contributed by atoms with Crippen molar-refractivity contribution in [3.05, 3.63) is 23.9 Å². The van der Waals surface area contributed by atoms with E-state index < -0.39 is 17.6 Å². The first-order chi connectivity index (χ1) is 15.1. The van der Waals surface area contributed by atoms with Gasteiger partial charge in [-0.25, -0.2) is 9.97 Å². The Morgan fingerprint density at radius 2 is 1.88 bits per heavy atom. The molecule has 10 heteroatoms. The van der Waals surface area contributed by atoms with Gasteiger partial charge in [0.1, 0.15) is 11.4 Å². The topological polar surface area (TPSA) is 99.5 Å². The first-order valence-electron chi connectivity index (χ1n) is 10.6. The fourth-order valence-electron chi connectivity index (χ4n) is 4.44. The zero-order valence-electron chi connectivity index (χ0n) is 18.6. The van der Waals surface area contributed by atoms with Crippen molar-refractivity contribution in [1.82, 2.24) is 9.97 Å². The van der Waals surface area contributed by atoms with Gasteiger partial charge in [0.15, 0.2) is 0 Å². The van der Waals surface area contributed by atoms with Crippen molar-refractivity contribution < 1.29 is 22.6 Å². The average Bonchev–Trinajstić information content (AvgIpc) is 3.18. The van der Waals surface area contributed by atoms with Crippen LogP contribution in [0.3, 0.4) is 0 Å². The highest BCUT2D eigenvalue weighted by atomic mass is 19.4. The van der Waals surface area contributed by atoms with Gasteiger partial charge in [-0.05, 0) is 31.9 Å². The molecule has 0 unspecified atom stereocenters. The molecule has 0 radical (unpaired) electrons. The molecule has 0 spiro atoms. The summed E-state index contributed by atoms with van der Waals surface area (Å²) in [5.41, 5.74) is 12.6. The lowest BCUT2D eigenvalue weighted by Gasteiger charge is -2.34.